The van der Waals surface area contributed by atoms with Crippen LogP contribution in [0, 0.1) is 0 Å². The maximum absolute atomic E-state index is 12.9. The van der Waals surface area contributed by atoms with E-state index in [1.165, 1.54) is 0 Å². The number of hydrogen-bond donors (Lipinski definition) is 0. The molecular weight excluding hydrogens is 348 g/mol. The van der Waals surface area contributed by atoms with Gasteiger partial charge in [-0.3, -0.25) is 19.4 Å². The highest BCUT2D eigenvalue weighted by Crippen LogP contribution is 2.28. The van der Waals surface area contributed by atoms with E-state index in [1.807, 2.05) is 80.2 Å². The summed E-state index contributed by atoms with van der Waals surface area (Å²) in [6.45, 7) is 6.49. The van der Waals surface area contributed by atoms with Gasteiger partial charge in [0.15, 0.2) is 11.6 Å². The highest BCUT2D eigenvalue weighted by molar-refractivity contribution is 6.16. The van der Waals surface area contributed by atoms with Gasteiger partial charge in [0, 0.05) is 11.1 Å². The predicted molar refractivity (Wildman–Crippen MR) is 116 cm³/mol. The summed E-state index contributed by atoms with van der Waals surface area (Å²) >= 11 is 0. The Morgan fingerprint density at radius 1 is 0.714 bits per heavy atom. The quantitative estimate of drug-likeness (QED) is 0.435. The Kier molecular flexibility index (Phi) is 6.22. The average Bonchev–Trinajstić information content (AvgIpc) is 2.70. The molecule has 0 atom stereocenters. The molecule has 0 unspecified atom stereocenters. The van der Waals surface area contributed by atoms with Crippen LogP contribution in [0.4, 0.5) is 0 Å². The van der Waals surface area contributed by atoms with E-state index in [4.69, 9.17) is 0 Å². The third kappa shape index (κ3) is 4.13. The summed E-state index contributed by atoms with van der Waals surface area (Å²) < 4.78 is 0. The molecule has 0 fully saturated rings. The Bertz CT molecular complexity index is 947. The van der Waals surface area contributed by atoms with Crippen molar-refractivity contribution < 1.29 is 9.59 Å². The number of hydrogen-bond acceptors (Lipinski definition) is 4. The van der Waals surface area contributed by atoms with Gasteiger partial charge < -0.3 is 0 Å². The fraction of sp³-hybridized carbons (Fsp3) is 0.333. The van der Waals surface area contributed by atoms with Crippen LogP contribution >= 0.6 is 0 Å². The maximum atomic E-state index is 12.9. The zero-order chi connectivity index (χ0) is 20.3. The highest BCUT2D eigenvalue weighted by Gasteiger charge is 2.16. The van der Waals surface area contributed by atoms with E-state index < -0.39 is 0 Å². The Morgan fingerprint density at radius 2 is 1.14 bits per heavy atom. The molecule has 28 heavy (non-hydrogen) atoms. The van der Waals surface area contributed by atoms with Crippen molar-refractivity contribution in [2.24, 2.45) is 0 Å². The summed E-state index contributed by atoms with van der Waals surface area (Å²) in [7, 11) is 3.89. The molecule has 0 N–H and O–H groups in total. The zero-order valence-electron chi connectivity index (χ0n) is 17.2. The van der Waals surface area contributed by atoms with Crippen molar-refractivity contribution in [1.82, 2.24) is 9.80 Å². The summed E-state index contributed by atoms with van der Waals surface area (Å²) in [6.07, 6.45) is 0. The number of carbonyl (C=O) groups is 2. The van der Waals surface area contributed by atoms with Crippen molar-refractivity contribution in [2.75, 3.05) is 40.3 Å². The number of fused-ring (bicyclic) bond motifs is 2. The summed E-state index contributed by atoms with van der Waals surface area (Å²) in [4.78, 5) is 29.7. The number of rotatable bonds is 8. The Balaban J connectivity index is 2.13. The topological polar surface area (TPSA) is 40.6 Å². The van der Waals surface area contributed by atoms with Gasteiger partial charge in [0.1, 0.15) is 0 Å². The molecule has 0 saturated carbocycles. The number of likely N-dealkylation sites (N-methyl/N-ethyl adjacent to an activating group) is 2. The smallest absolute Gasteiger partial charge is 0.177 e. The van der Waals surface area contributed by atoms with Gasteiger partial charge in [-0.15, -0.1) is 0 Å². The van der Waals surface area contributed by atoms with Gasteiger partial charge >= 0.3 is 0 Å². The van der Waals surface area contributed by atoms with Crippen LogP contribution in [0.25, 0.3) is 21.5 Å². The molecule has 146 valence electrons. The largest absolute Gasteiger partial charge is 0.299 e. The van der Waals surface area contributed by atoms with Crippen LogP contribution in [0.15, 0.2) is 48.5 Å². The third-order valence-electron chi connectivity index (χ3n) is 5.39. The van der Waals surface area contributed by atoms with Crippen molar-refractivity contribution >= 4 is 33.1 Å². The summed E-state index contributed by atoms with van der Waals surface area (Å²) in [5, 5.41) is 3.86. The third-order valence-corrected chi connectivity index (χ3v) is 5.39. The van der Waals surface area contributed by atoms with Crippen molar-refractivity contribution in [1.29, 1.82) is 0 Å². The lowest BCUT2D eigenvalue weighted by molar-refractivity contribution is 0.0943. The van der Waals surface area contributed by atoms with Crippen LogP contribution in [0.1, 0.15) is 34.6 Å². The maximum Gasteiger partial charge on any atom is 0.177 e. The molecule has 0 aromatic heterocycles. The molecule has 4 nitrogen and oxygen atoms in total. The number of Topliss-reactive ketones (excluding diaryl/α,β-unsaturated/α-hetero) is 2. The lowest BCUT2D eigenvalue weighted by Crippen LogP contribution is -2.26. The molecule has 3 rings (SSSR count). The second kappa shape index (κ2) is 8.63. The van der Waals surface area contributed by atoms with E-state index in [0.717, 1.165) is 34.6 Å². The molecule has 0 aliphatic carbocycles. The van der Waals surface area contributed by atoms with Crippen LogP contribution in [0.2, 0.25) is 0 Å². The summed E-state index contributed by atoms with van der Waals surface area (Å²) in [6, 6.07) is 15.8. The first-order valence-electron chi connectivity index (χ1n) is 9.83. The predicted octanol–water partition coefficient (Wildman–Crippen LogP) is 4.26. The summed E-state index contributed by atoms with van der Waals surface area (Å²) in [5.41, 5.74) is 1.43. The number of carbonyl (C=O) groups excluding carboxylic acids is 2. The van der Waals surface area contributed by atoms with Gasteiger partial charge in [0.25, 0.3) is 0 Å². The first kappa shape index (κ1) is 20.2. The number of nitrogens with zero attached hydrogens (tertiary/aromatic N) is 2. The number of benzene rings is 3. The molecule has 0 spiro atoms. The fourth-order valence-electron chi connectivity index (χ4n) is 3.42. The standard InChI is InChI=1S/C24H28N2O2/c1-5-25(3)15-23(27)19-11-7-9-17-13-18-10-8-12-20(22(18)14-21(17)19)24(28)16-26(4)6-2/h7-14H,5-6,15-16H2,1-4H3. The number of ketones is 2. The van der Waals surface area contributed by atoms with E-state index in [-0.39, 0.29) is 11.6 Å². The SMILES string of the molecule is CCN(C)CC(=O)c1cccc2cc3cccc(C(=O)CN(C)CC)c3cc12. The van der Waals surface area contributed by atoms with Crippen molar-refractivity contribution in [3.05, 3.63) is 59.7 Å². The zero-order valence-corrected chi connectivity index (χ0v) is 17.2. The second-order valence-electron chi connectivity index (χ2n) is 7.41. The van der Waals surface area contributed by atoms with E-state index >= 15 is 0 Å². The molecule has 0 aliphatic heterocycles. The van der Waals surface area contributed by atoms with Crippen molar-refractivity contribution in [3.63, 3.8) is 0 Å². The first-order valence-corrected chi connectivity index (χ1v) is 9.83. The van der Waals surface area contributed by atoms with Gasteiger partial charge in [-0.25, -0.2) is 0 Å². The average molecular weight is 377 g/mol. The Morgan fingerprint density at radius 3 is 1.54 bits per heavy atom. The molecule has 0 radical (unpaired) electrons. The molecule has 0 aliphatic rings. The van der Waals surface area contributed by atoms with Crippen LogP contribution in [-0.2, 0) is 0 Å². The van der Waals surface area contributed by atoms with Crippen LogP contribution in [0.5, 0.6) is 0 Å². The van der Waals surface area contributed by atoms with Crippen LogP contribution < -0.4 is 0 Å². The van der Waals surface area contributed by atoms with E-state index in [2.05, 4.69) is 6.07 Å². The highest BCUT2D eigenvalue weighted by atomic mass is 16.1. The molecule has 0 bridgehead atoms. The van der Waals surface area contributed by atoms with E-state index in [9.17, 15) is 9.59 Å². The van der Waals surface area contributed by atoms with E-state index in [1.54, 1.807) is 0 Å². The molecule has 0 amide bonds. The molecule has 0 saturated heterocycles. The van der Waals surface area contributed by atoms with Crippen LogP contribution in [-0.4, -0.2) is 61.6 Å². The van der Waals surface area contributed by atoms with Gasteiger partial charge in [-0.1, -0.05) is 50.2 Å². The minimum atomic E-state index is 0.101. The fourth-order valence-corrected chi connectivity index (χ4v) is 3.42. The van der Waals surface area contributed by atoms with Gasteiger partial charge in [0.2, 0.25) is 0 Å². The minimum Gasteiger partial charge on any atom is -0.299 e. The molecule has 3 aromatic rings. The second-order valence-corrected chi connectivity index (χ2v) is 7.41. The Labute approximate surface area is 166 Å². The van der Waals surface area contributed by atoms with Gasteiger partial charge in [0.05, 0.1) is 13.1 Å². The normalized spacial score (nSPS) is 11.6. The van der Waals surface area contributed by atoms with Crippen LogP contribution in [0.3, 0.4) is 0 Å². The lowest BCUT2D eigenvalue weighted by atomic mass is 9.94. The molecule has 0 heterocycles. The lowest BCUT2D eigenvalue weighted by Gasteiger charge is -2.15. The van der Waals surface area contributed by atoms with Gasteiger partial charge in [-0.2, -0.15) is 0 Å². The van der Waals surface area contributed by atoms with Crippen molar-refractivity contribution in [3.8, 4) is 0 Å². The molecule has 4 heteroatoms. The molecular formula is C24H28N2O2. The van der Waals surface area contributed by atoms with Crippen molar-refractivity contribution in [2.45, 2.75) is 13.8 Å². The van der Waals surface area contributed by atoms with E-state index in [0.29, 0.717) is 24.2 Å². The molecule has 3 aromatic carbocycles. The Hall–Kier alpha value is -2.56. The monoisotopic (exact) mass is 376 g/mol. The minimum absolute atomic E-state index is 0.101. The summed E-state index contributed by atoms with van der Waals surface area (Å²) in [5.74, 6) is 0.202. The first-order chi connectivity index (χ1) is 13.4. The van der Waals surface area contributed by atoms with Gasteiger partial charge in [-0.05, 0) is 60.9 Å².